The van der Waals surface area contributed by atoms with Gasteiger partial charge < -0.3 is 15.5 Å². The number of rotatable bonds is 7. The average molecular weight is 339 g/mol. The number of anilines is 2. The molecule has 2 amide bonds. The van der Waals surface area contributed by atoms with Crippen LogP contribution in [0.5, 0.6) is 0 Å². The van der Waals surface area contributed by atoms with Crippen molar-refractivity contribution >= 4 is 23.2 Å². The summed E-state index contributed by atoms with van der Waals surface area (Å²) in [5, 5.41) is 6.02. The van der Waals surface area contributed by atoms with Gasteiger partial charge in [0.15, 0.2) is 0 Å². The summed E-state index contributed by atoms with van der Waals surface area (Å²) in [5.74, 6) is -0.161. The number of nitrogens with one attached hydrogen (secondary N) is 2. The zero-order chi connectivity index (χ0) is 18.2. The standard InChI is InChI=1S/C20H25N3O2/c1-4-15(2)22-20(25)16-9-8-10-17(13-16)21-14-19(24)23(3)18-11-6-5-7-12-18/h5-13,15,21H,4,14H2,1-3H3,(H,22,25). The molecule has 1 unspecified atom stereocenters. The summed E-state index contributed by atoms with van der Waals surface area (Å²) >= 11 is 0. The third-order valence-corrected chi connectivity index (χ3v) is 4.08. The maximum Gasteiger partial charge on any atom is 0.251 e. The molecule has 132 valence electrons. The molecular formula is C20H25N3O2. The topological polar surface area (TPSA) is 61.4 Å². The van der Waals surface area contributed by atoms with E-state index in [1.54, 1.807) is 30.1 Å². The third kappa shape index (κ3) is 5.35. The molecule has 2 aromatic carbocycles. The molecule has 0 fully saturated rings. The average Bonchev–Trinajstić information content (AvgIpc) is 2.66. The van der Waals surface area contributed by atoms with Crippen LogP contribution in [0.2, 0.25) is 0 Å². The van der Waals surface area contributed by atoms with Crippen LogP contribution >= 0.6 is 0 Å². The van der Waals surface area contributed by atoms with Gasteiger partial charge in [-0.3, -0.25) is 9.59 Å². The number of hydrogen-bond donors (Lipinski definition) is 2. The Hall–Kier alpha value is -2.82. The van der Waals surface area contributed by atoms with Crippen LogP contribution in [0, 0.1) is 0 Å². The number of hydrogen-bond acceptors (Lipinski definition) is 3. The third-order valence-electron chi connectivity index (χ3n) is 4.08. The van der Waals surface area contributed by atoms with Crippen molar-refractivity contribution in [3.63, 3.8) is 0 Å². The molecule has 2 N–H and O–H groups in total. The Kier molecular flexibility index (Phi) is 6.57. The second kappa shape index (κ2) is 8.87. The number of para-hydroxylation sites is 1. The van der Waals surface area contributed by atoms with E-state index < -0.39 is 0 Å². The minimum absolute atomic E-state index is 0.0549. The van der Waals surface area contributed by atoms with Gasteiger partial charge in [0.05, 0.1) is 6.54 Å². The van der Waals surface area contributed by atoms with Crippen LogP contribution in [0.15, 0.2) is 54.6 Å². The number of benzene rings is 2. The predicted octanol–water partition coefficient (Wildman–Crippen LogP) is 3.29. The van der Waals surface area contributed by atoms with E-state index in [0.717, 1.165) is 17.8 Å². The molecule has 0 heterocycles. The van der Waals surface area contributed by atoms with Gasteiger partial charge in [0.1, 0.15) is 0 Å². The van der Waals surface area contributed by atoms with E-state index in [1.165, 1.54) is 0 Å². The fourth-order valence-corrected chi connectivity index (χ4v) is 2.27. The highest BCUT2D eigenvalue weighted by atomic mass is 16.2. The molecule has 0 saturated carbocycles. The summed E-state index contributed by atoms with van der Waals surface area (Å²) in [6, 6.07) is 16.8. The zero-order valence-corrected chi connectivity index (χ0v) is 15.0. The lowest BCUT2D eigenvalue weighted by Gasteiger charge is -2.18. The monoisotopic (exact) mass is 339 g/mol. The molecule has 2 aromatic rings. The van der Waals surface area contributed by atoms with E-state index in [-0.39, 0.29) is 24.4 Å². The summed E-state index contributed by atoms with van der Waals surface area (Å²) in [5.41, 5.74) is 2.16. The smallest absolute Gasteiger partial charge is 0.251 e. The number of likely N-dealkylation sites (N-methyl/N-ethyl adjacent to an activating group) is 1. The van der Waals surface area contributed by atoms with Crippen LogP contribution in [0.4, 0.5) is 11.4 Å². The molecule has 0 saturated heterocycles. The Morgan fingerprint density at radius 1 is 1.08 bits per heavy atom. The number of carbonyl (C=O) groups excluding carboxylic acids is 2. The van der Waals surface area contributed by atoms with Gasteiger partial charge in [-0.15, -0.1) is 0 Å². The fourth-order valence-electron chi connectivity index (χ4n) is 2.27. The van der Waals surface area contributed by atoms with E-state index in [4.69, 9.17) is 0 Å². The molecule has 1 atom stereocenters. The Morgan fingerprint density at radius 3 is 2.48 bits per heavy atom. The van der Waals surface area contributed by atoms with Gasteiger partial charge in [-0.25, -0.2) is 0 Å². The Bertz CT molecular complexity index is 716. The quantitative estimate of drug-likeness (QED) is 0.814. The maximum atomic E-state index is 12.3. The van der Waals surface area contributed by atoms with Crippen LogP contribution in [-0.4, -0.2) is 31.4 Å². The van der Waals surface area contributed by atoms with Crippen molar-refractivity contribution in [2.75, 3.05) is 23.8 Å². The molecule has 25 heavy (non-hydrogen) atoms. The lowest BCUT2D eigenvalue weighted by molar-refractivity contribution is -0.116. The predicted molar refractivity (Wildman–Crippen MR) is 102 cm³/mol. The highest BCUT2D eigenvalue weighted by Gasteiger charge is 2.12. The van der Waals surface area contributed by atoms with Crippen molar-refractivity contribution in [1.29, 1.82) is 0 Å². The van der Waals surface area contributed by atoms with Gasteiger partial charge in [0.2, 0.25) is 5.91 Å². The van der Waals surface area contributed by atoms with Crippen molar-refractivity contribution in [2.45, 2.75) is 26.3 Å². The SMILES string of the molecule is CCC(C)NC(=O)c1cccc(NCC(=O)N(C)c2ccccc2)c1. The van der Waals surface area contributed by atoms with Crippen molar-refractivity contribution in [2.24, 2.45) is 0 Å². The van der Waals surface area contributed by atoms with Gasteiger partial charge in [-0.1, -0.05) is 31.2 Å². The molecule has 0 spiro atoms. The molecule has 0 aliphatic heterocycles. The van der Waals surface area contributed by atoms with E-state index in [9.17, 15) is 9.59 Å². The first-order chi connectivity index (χ1) is 12.0. The lowest BCUT2D eigenvalue weighted by Crippen LogP contribution is -2.32. The molecule has 5 nitrogen and oxygen atoms in total. The van der Waals surface area contributed by atoms with Crippen LogP contribution in [0.3, 0.4) is 0 Å². The van der Waals surface area contributed by atoms with E-state index in [2.05, 4.69) is 10.6 Å². The highest BCUT2D eigenvalue weighted by molar-refractivity contribution is 5.97. The molecule has 0 aliphatic carbocycles. The van der Waals surface area contributed by atoms with Crippen LogP contribution < -0.4 is 15.5 Å². The van der Waals surface area contributed by atoms with Crippen LogP contribution in [-0.2, 0) is 4.79 Å². The maximum absolute atomic E-state index is 12.3. The zero-order valence-electron chi connectivity index (χ0n) is 15.0. The van der Waals surface area contributed by atoms with Gasteiger partial charge >= 0.3 is 0 Å². The number of amides is 2. The first kappa shape index (κ1) is 18.5. The van der Waals surface area contributed by atoms with Gasteiger partial charge in [0, 0.05) is 30.0 Å². The Morgan fingerprint density at radius 2 is 1.80 bits per heavy atom. The first-order valence-electron chi connectivity index (χ1n) is 8.47. The molecule has 0 aliphatic rings. The van der Waals surface area contributed by atoms with Crippen molar-refractivity contribution < 1.29 is 9.59 Å². The Labute approximate surface area is 149 Å². The van der Waals surface area contributed by atoms with E-state index in [1.807, 2.05) is 50.2 Å². The van der Waals surface area contributed by atoms with E-state index >= 15 is 0 Å². The molecule has 0 radical (unpaired) electrons. The number of nitrogens with zero attached hydrogens (tertiary/aromatic N) is 1. The normalized spacial score (nSPS) is 11.5. The first-order valence-corrected chi connectivity index (χ1v) is 8.47. The second-order valence-corrected chi connectivity index (χ2v) is 6.01. The van der Waals surface area contributed by atoms with Gasteiger partial charge in [0.25, 0.3) is 5.91 Å². The molecule has 5 heteroatoms. The van der Waals surface area contributed by atoms with Crippen molar-refractivity contribution in [1.82, 2.24) is 5.32 Å². The van der Waals surface area contributed by atoms with Gasteiger partial charge in [-0.05, 0) is 43.7 Å². The summed E-state index contributed by atoms with van der Waals surface area (Å²) in [6.07, 6.45) is 0.879. The van der Waals surface area contributed by atoms with Crippen molar-refractivity contribution in [3.05, 3.63) is 60.2 Å². The molecule has 0 bridgehead atoms. The second-order valence-electron chi connectivity index (χ2n) is 6.01. The van der Waals surface area contributed by atoms with Crippen LogP contribution in [0.1, 0.15) is 30.6 Å². The largest absolute Gasteiger partial charge is 0.376 e. The molecular weight excluding hydrogens is 314 g/mol. The fraction of sp³-hybridized carbons (Fsp3) is 0.300. The number of carbonyl (C=O) groups is 2. The highest BCUT2D eigenvalue weighted by Crippen LogP contribution is 2.13. The van der Waals surface area contributed by atoms with Crippen LogP contribution in [0.25, 0.3) is 0 Å². The van der Waals surface area contributed by atoms with Gasteiger partial charge in [-0.2, -0.15) is 0 Å². The summed E-state index contributed by atoms with van der Waals surface area (Å²) < 4.78 is 0. The summed E-state index contributed by atoms with van der Waals surface area (Å²) in [6.45, 7) is 4.15. The molecule has 0 aromatic heterocycles. The minimum Gasteiger partial charge on any atom is -0.376 e. The lowest BCUT2D eigenvalue weighted by atomic mass is 10.1. The van der Waals surface area contributed by atoms with E-state index in [0.29, 0.717) is 5.56 Å². The molecule has 2 rings (SSSR count). The van der Waals surface area contributed by atoms with Crippen molar-refractivity contribution in [3.8, 4) is 0 Å². The Balaban J connectivity index is 1.96. The summed E-state index contributed by atoms with van der Waals surface area (Å²) in [7, 11) is 1.75. The summed E-state index contributed by atoms with van der Waals surface area (Å²) in [4.78, 5) is 26.1. The minimum atomic E-state index is -0.106.